The van der Waals surface area contributed by atoms with Crippen molar-refractivity contribution in [3.63, 3.8) is 0 Å². The average Bonchev–Trinajstić information content (AvgIpc) is 3.47. The van der Waals surface area contributed by atoms with Crippen LogP contribution in [0.1, 0.15) is 24.4 Å². The molecule has 2 aliphatic rings. The maximum Gasteiger partial charge on any atom is 0.229 e. The van der Waals surface area contributed by atoms with Crippen LogP contribution in [0.2, 0.25) is 0 Å². The first-order chi connectivity index (χ1) is 13.2. The first kappa shape index (κ1) is 17.6. The minimum absolute atomic E-state index is 0.567. The van der Waals surface area contributed by atoms with Gasteiger partial charge in [-0.05, 0) is 37.5 Å². The third-order valence-corrected chi connectivity index (χ3v) is 5.09. The van der Waals surface area contributed by atoms with Crippen LogP contribution < -0.4 is 16.4 Å². The number of anilines is 1. The molecule has 4 N–H and O–H groups in total. The number of nitrogens with one attached hydrogen (secondary N) is 2. The van der Waals surface area contributed by atoms with Crippen LogP contribution in [0.15, 0.2) is 48.7 Å². The lowest BCUT2D eigenvalue weighted by molar-refractivity contribution is 0.307. The summed E-state index contributed by atoms with van der Waals surface area (Å²) in [5, 5.41) is 7.65. The van der Waals surface area contributed by atoms with Crippen LogP contribution in [-0.4, -0.2) is 45.6 Å². The van der Waals surface area contributed by atoms with Crippen molar-refractivity contribution in [3.05, 3.63) is 54.3 Å². The van der Waals surface area contributed by atoms with Gasteiger partial charge in [-0.3, -0.25) is 0 Å². The zero-order chi connectivity index (χ0) is 18.8. The molecule has 142 valence electrons. The number of hydrogen-bond acceptors (Lipinski definition) is 6. The Bertz CT molecular complexity index is 898. The van der Waals surface area contributed by atoms with Gasteiger partial charge in [-0.2, -0.15) is 4.98 Å². The highest BCUT2D eigenvalue weighted by molar-refractivity contribution is 5.80. The molecular weight excluding hydrogens is 338 g/mol. The summed E-state index contributed by atoms with van der Waals surface area (Å²) in [4.78, 5) is 11.4. The molecular formula is C20H27N7. The molecule has 3 heterocycles. The minimum atomic E-state index is 0.567. The monoisotopic (exact) mass is 365 g/mol. The van der Waals surface area contributed by atoms with Gasteiger partial charge in [-0.25, -0.2) is 4.98 Å². The smallest absolute Gasteiger partial charge is 0.229 e. The number of fused-ring (bicyclic) bond motifs is 1. The second-order valence-corrected chi connectivity index (χ2v) is 7.19. The molecule has 2 aromatic heterocycles. The lowest BCUT2D eigenvalue weighted by Crippen LogP contribution is -2.42. The number of piperazine rings is 1. The molecule has 0 atom stereocenters. The molecule has 27 heavy (non-hydrogen) atoms. The average molecular weight is 365 g/mol. The molecule has 4 rings (SSSR count). The molecule has 7 nitrogen and oxygen atoms in total. The largest absolute Gasteiger partial charge is 0.403 e. The molecule has 1 aliphatic heterocycles. The predicted molar refractivity (Wildman–Crippen MR) is 109 cm³/mol. The van der Waals surface area contributed by atoms with Crippen molar-refractivity contribution in [2.45, 2.75) is 25.8 Å². The number of rotatable bonds is 6. The summed E-state index contributed by atoms with van der Waals surface area (Å²) in [6.45, 7) is 10.0. The molecule has 0 spiro atoms. The van der Waals surface area contributed by atoms with Crippen LogP contribution in [-0.2, 0) is 0 Å². The maximum absolute atomic E-state index is 5.80. The molecule has 1 saturated carbocycles. The van der Waals surface area contributed by atoms with Crippen LogP contribution in [0, 0.1) is 6.92 Å². The molecule has 1 aliphatic carbocycles. The quantitative estimate of drug-likeness (QED) is 0.681. The molecule has 0 unspecified atom stereocenters. The highest BCUT2D eigenvalue weighted by Gasteiger charge is 2.26. The zero-order valence-electron chi connectivity index (χ0n) is 15.8. The predicted octanol–water partition coefficient (Wildman–Crippen LogP) is 2.26. The number of nitrogens with zero attached hydrogens (tertiary/aromatic N) is 4. The van der Waals surface area contributed by atoms with E-state index in [1.807, 2.05) is 18.3 Å². The van der Waals surface area contributed by atoms with Crippen molar-refractivity contribution in [3.8, 4) is 0 Å². The summed E-state index contributed by atoms with van der Waals surface area (Å²) in [7, 11) is 0. The van der Waals surface area contributed by atoms with Crippen molar-refractivity contribution >= 4 is 17.0 Å². The van der Waals surface area contributed by atoms with E-state index in [1.54, 1.807) is 6.20 Å². The SMILES string of the molecule is C=C(/C=C\C(=C/N)N1CCNCC1)Nc1ncc2c(C)cn(C3CC3)c2n1. The summed E-state index contributed by atoms with van der Waals surface area (Å²) in [5.41, 5.74) is 9.74. The van der Waals surface area contributed by atoms with Crippen molar-refractivity contribution in [2.24, 2.45) is 5.73 Å². The van der Waals surface area contributed by atoms with Gasteiger partial charge in [0.1, 0.15) is 5.65 Å². The van der Waals surface area contributed by atoms with E-state index in [9.17, 15) is 0 Å². The van der Waals surface area contributed by atoms with Gasteiger partial charge in [0.05, 0.1) is 5.70 Å². The van der Waals surface area contributed by atoms with E-state index in [-0.39, 0.29) is 0 Å². The van der Waals surface area contributed by atoms with E-state index in [0.29, 0.717) is 12.0 Å². The molecule has 7 heteroatoms. The fourth-order valence-electron chi connectivity index (χ4n) is 3.44. The molecule has 0 amide bonds. The lowest BCUT2D eigenvalue weighted by Gasteiger charge is -2.29. The highest BCUT2D eigenvalue weighted by atomic mass is 15.2. The normalized spacial score (nSPS) is 18.4. The Kier molecular flexibility index (Phi) is 4.85. The minimum Gasteiger partial charge on any atom is -0.403 e. The third-order valence-electron chi connectivity index (χ3n) is 5.09. The number of aromatic nitrogens is 3. The Morgan fingerprint density at radius 3 is 2.81 bits per heavy atom. The molecule has 0 aromatic carbocycles. The van der Waals surface area contributed by atoms with Crippen LogP contribution in [0.25, 0.3) is 11.0 Å². The lowest BCUT2D eigenvalue weighted by atomic mass is 10.2. The summed E-state index contributed by atoms with van der Waals surface area (Å²) >= 11 is 0. The number of nitrogens with two attached hydrogens (primary N) is 1. The van der Waals surface area contributed by atoms with E-state index >= 15 is 0 Å². The van der Waals surface area contributed by atoms with E-state index in [0.717, 1.165) is 48.6 Å². The second kappa shape index (κ2) is 7.44. The molecule has 2 fully saturated rings. The van der Waals surface area contributed by atoms with Gasteiger partial charge < -0.3 is 25.8 Å². The molecule has 1 saturated heterocycles. The van der Waals surface area contributed by atoms with E-state index in [1.165, 1.54) is 18.4 Å². The van der Waals surface area contributed by atoms with Crippen LogP contribution in [0.3, 0.4) is 0 Å². The van der Waals surface area contributed by atoms with Gasteiger partial charge in [-0.15, -0.1) is 0 Å². The highest BCUT2D eigenvalue weighted by Crippen LogP contribution is 2.38. The van der Waals surface area contributed by atoms with E-state index in [2.05, 4.69) is 44.8 Å². The Labute approximate surface area is 159 Å². The fourth-order valence-corrected chi connectivity index (χ4v) is 3.44. The maximum atomic E-state index is 5.80. The topological polar surface area (TPSA) is 84.0 Å². The fraction of sp³-hybridized carbons (Fsp3) is 0.400. The number of aryl methyl sites for hydroxylation is 1. The second-order valence-electron chi connectivity index (χ2n) is 7.19. The summed E-state index contributed by atoms with van der Waals surface area (Å²) in [5.74, 6) is 0.567. The van der Waals surface area contributed by atoms with Gasteiger partial charge in [0, 0.05) is 61.9 Å². The van der Waals surface area contributed by atoms with Crippen molar-refractivity contribution in [1.82, 2.24) is 24.8 Å². The van der Waals surface area contributed by atoms with Crippen molar-refractivity contribution < 1.29 is 0 Å². The molecule has 0 radical (unpaired) electrons. The van der Waals surface area contributed by atoms with Gasteiger partial charge in [0.25, 0.3) is 0 Å². The van der Waals surface area contributed by atoms with Crippen LogP contribution in [0.4, 0.5) is 5.95 Å². The van der Waals surface area contributed by atoms with Gasteiger partial charge in [0.2, 0.25) is 5.95 Å². The Hall–Kier alpha value is -2.80. The summed E-state index contributed by atoms with van der Waals surface area (Å²) < 4.78 is 2.27. The first-order valence-corrected chi connectivity index (χ1v) is 9.51. The standard InChI is InChI=1S/C20H27N7/c1-14-13-27(16-5-6-16)19-18(14)12-23-20(25-19)24-15(2)3-4-17(11-21)26-9-7-22-8-10-26/h3-4,11-13,16,22H,2,5-10,21H2,1H3,(H,23,24,25)/b4-3-,17-11+. The summed E-state index contributed by atoms with van der Waals surface area (Å²) in [6, 6.07) is 0.586. The number of hydrogen-bond donors (Lipinski definition) is 3. The van der Waals surface area contributed by atoms with Gasteiger partial charge in [0.15, 0.2) is 0 Å². The third kappa shape index (κ3) is 3.83. The van der Waals surface area contributed by atoms with Crippen molar-refractivity contribution in [2.75, 3.05) is 31.5 Å². The molecule has 0 bridgehead atoms. The Morgan fingerprint density at radius 2 is 2.11 bits per heavy atom. The van der Waals surface area contributed by atoms with Crippen LogP contribution in [0.5, 0.6) is 0 Å². The number of allylic oxidation sites excluding steroid dienone is 2. The van der Waals surface area contributed by atoms with Gasteiger partial charge >= 0.3 is 0 Å². The Morgan fingerprint density at radius 1 is 1.33 bits per heavy atom. The first-order valence-electron chi connectivity index (χ1n) is 9.51. The molecule has 2 aromatic rings. The Balaban J connectivity index is 1.46. The van der Waals surface area contributed by atoms with E-state index in [4.69, 9.17) is 10.7 Å². The summed E-state index contributed by atoms with van der Waals surface area (Å²) in [6.07, 6.45) is 12.1. The van der Waals surface area contributed by atoms with Crippen LogP contribution >= 0.6 is 0 Å². The van der Waals surface area contributed by atoms with Crippen molar-refractivity contribution in [1.29, 1.82) is 0 Å². The van der Waals surface area contributed by atoms with Gasteiger partial charge in [-0.1, -0.05) is 6.58 Å². The zero-order valence-corrected chi connectivity index (χ0v) is 15.8. The van der Waals surface area contributed by atoms with E-state index < -0.39 is 0 Å².